The summed E-state index contributed by atoms with van der Waals surface area (Å²) in [5, 5.41) is 0. The molecule has 0 aromatic rings. The fourth-order valence-corrected chi connectivity index (χ4v) is 0.948. The van der Waals surface area contributed by atoms with Crippen molar-refractivity contribution < 1.29 is 26.3 Å². The summed E-state index contributed by atoms with van der Waals surface area (Å²) in [5.74, 6) is 0. The summed E-state index contributed by atoms with van der Waals surface area (Å²) in [5.41, 5.74) is 0. The van der Waals surface area contributed by atoms with Crippen molar-refractivity contribution in [1.82, 2.24) is 4.90 Å². The first-order valence-corrected chi connectivity index (χ1v) is 3.78. The van der Waals surface area contributed by atoms with E-state index in [1.54, 1.807) is 0 Å². The van der Waals surface area contributed by atoms with Crippen LogP contribution in [0.2, 0.25) is 0 Å². The third-order valence-electron chi connectivity index (χ3n) is 1.40. The van der Waals surface area contributed by atoms with Gasteiger partial charge in [0.15, 0.2) is 6.34 Å². The van der Waals surface area contributed by atoms with Crippen molar-refractivity contribution in [2.75, 3.05) is 6.54 Å². The van der Waals surface area contributed by atoms with Gasteiger partial charge in [0, 0.05) is 0 Å². The van der Waals surface area contributed by atoms with Gasteiger partial charge in [-0.05, 0) is 0 Å². The van der Waals surface area contributed by atoms with Crippen molar-refractivity contribution in [3.05, 3.63) is 6.54 Å². The Morgan fingerprint density at radius 2 is 1.67 bits per heavy atom. The van der Waals surface area contributed by atoms with E-state index in [2.05, 4.69) is 4.99 Å². The van der Waals surface area contributed by atoms with Crippen LogP contribution in [-0.2, 0) is 0 Å². The highest BCUT2D eigenvalue weighted by Gasteiger charge is 2.38. The molecule has 0 saturated carbocycles. The second-order valence-corrected chi connectivity index (χ2v) is 2.89. The van der Waals surface area contributed by atoms with E-state index in [0.29, 0.717) is 4.90 Å². The number of alkyl halides is 6. The zero-order valence-electron chi connectivity index (χ0n) is 7.15. The van der Waals surface area contributed by atoms with Gasteiger partial charge in [-0.15, -0.1) is 0 Å². The van der Waals surface area contributed by atoms with Gasteiger partial charge < -0.3 is 4.90 Å². The Hall–Kier alpha value is -0.950. The predicted octanol–water partition coefficient (Wildman–Crippen LogP) is 2.13. The van der Waals surface area contributed by atoms with Crippen LogP contribution in [0.3, 0.4) is 0 Å². The number of halogens is 6. The maximum Gasteiger partial charge on any atom is 0.406 e. The van der Waals surface area contributed by atoms with E-state index in [9.17, 15) is 26.3 Å². The number of hydrogen-bond donors (Lipinski definition) is 0. The second-order valence-electron chi connectivity index (χ2n) is 2.89. The highest BCUT2D eigenvalue weighted by molar-refractivity contribution is 5.59. The van der Waals surface area contributed by atoms with Crippen LogP contribution in [0.25, 0.3) is 0 Å². The quantitative estimate of drug-likeness (QED) is 0.664. The highest BCUT2D eigenvalue weighted by Crippen LogP contribution is 2.27. The van der Waals surface area contributed by atoms with Crippen molar-refractivity contribution in [3.8, 4) is 0 Å². The molecule has 0 aromatic carbocycles. The highest BCUT2D eigenvalue weighted by atomic mass is 19.4. The summed E-state index contributed by atoms with van der Waals surface area (Å²) in [6.07, 6.45) is -8.50. The molecular formula is C7H5F6N2. The van der Waals surface area contributed by atoms with Crippen molar-refractivity contribution >= 4 is 6.34 Å². The van der Waals surface area contributed by atoms with E-state index < -0.39 is 31.4 Å². The van der Waals surface area contributed by atoms with Crippen LogP contribution in [0.5, 0.6) is 0 Å². The van der Waals surface area contributed by atoms with Crippen LogP contribution < -0.4 is 0 Å². The molecule has 0 bridgehead atoms. The van der Waals surface area contributed by atoms with Gasteiger partial charge in [-0.3, -0.25) is 4.99 Å². The Kier molecular flexibility index (Phi) is 3.15. The smallest absolute Gasteiger partial charge is 0.332 e. The maximum absolute atomic E-state index is 11.8. The first-order valence-electron chi connectivity index (χ1n) is 3.78. The van der Waals surface area contributed by atoms with Crippen LogP contribution in [0, 0.1) is 6.54 Å². The number of hydrogen-bond acceptors (Lipinski definition) is 2. The second kappa shape index (κ2) is 3.90. The molecule has 0 N–H and O–H groups in total. The van der Waals surface area contributed by atoms with Crippen molar-refractivity contribution in [2.24, 2.45) is 4.99 Å². The molecule has 0 aromatic heterocycles. The molecule has 0 saturated heterocycles. The summed E-state index contributed by atoms with van der Waals surface area (Å²) in [6, 6.07) is -1.42. The van der Waals surface area contributed by atoms with E-state index in [4.69, 9.17) is 0 Å². The number of aliphatic imine (C=N–C) groups is 1. The van der Waals surface area contributed by atoms with Crippen LogP contribution in [0.15, 0.2) is 4.99 Å². The lowest BCUT2D eigenvalue weighted by Gasteiger charge is -2.16. The lowest BCUT2D eigenvalue weighted by Crippen LogP contribution is -2.31. The average Bonchev–Trinajstić information content (AvgIpc) is 2.28. The van der Waals surface area contributed by atoms with Gasteiger partial charge in [0.1, 0.15) is 13.1 Å². The fraction of sp³-hybridized carbons (Fsp3) is 0.714. The normalized spacial score (nSPS) is 22.5. The molecule has 1 heterocycles. The summed E-state index contributed by atoms with van der Waals surface area (Å²) in [6.45, 7) is 0.494. The zero-order chi connectivity index (χ0) is 11.7. The molecule has 0 spiro atoms. The van der Waals surface area contributed by atoms with E-state index in [1.165, 1.54) is 0 Å². The van der Waals surface area contributed by atoms with Crippen LogP contribution in [0.1, 0.15) is 6.42 Å². The summed E-state index contributed by atoms with van der Waals surface area (Å²) >= 11 is 0. The summed E-state index contributed by atoms with van der Waals surface area (Å²) in [4.78, 5) is 3.49. The van der Waals surface area contributed by atoms with Gasteiger partial charge in [0.25, 0.3) is 0 Å². The minimum absolute atomic E-state index is 0.358. The molecule has 0 aliphatic carbocycles. The van der Waals surface area contributed by atoms with Gasteiger partial charge in [-0.2, -0.15) is 26.3 Å². The third-order valence-corrected chi connectivity index (χ3v) is 1.40. The van der Waals surface area contributed by atoms with Crippen molar-refractivity contribution in [1.29, 1.82) is 0 Å². The zero-order valence-corrected chi connectivity index (χ0v) is 7.15. The molecule has 3 radical (unpaired) electrons. The van der Waals surface area contributed by atoms with Crippen LogP contribution in [0.4, 0.5) is 26.3 Å². The van der Waals surface area contributed by atoms with Gasteiger partial charge >= 0.3 is 12.4 Å². The van der Waals surface area contributed by atoms with E-state index in [1.807, 2.05) is 12.9 Å². The van der Waals surface area contributed by atoms with Crippen molar-refractivity contribution in [3.63, 3.8) is 0 Å². The Balaban J connectivity index is 2.38. The standard InChI is InChI=1S/C7H5F6N2/c8-6(9,10)1-5-2-15(4-14-5)3-7(11,12)13/h5H,1,3H2. The predicted molar refractivity (Wildman–Crippen MR) is 37.9 cm³/mol. The Morgan fingerprint density at radius 3 is 2.13 bits per heavy atom. The fourth-order valence-electron chi connectivity index (χ4n) is 0.948. The van der Waals surface area contributed by atoms with Gasteiger partial charge in [0.2, 0.25) is 0 Å². The first-order chi connectivity index (χ1) is 6.66. The Labute approximate surface area is 81.6 Å². The minimum Gasteiger partial charge on any atom is -0.332 e. The lowest BCUT2D eigenvalue weighted by molar-refractivity contribution is -0.139. The molecule has 1 aliphatic rings. The Morgan fingerprint density at radius 1 is 1.07 bits per heavy atom. The van der Waals surface area contributed by atoms with Gasteiger partial charge in [-0.25, -0.2) is 0 Å². The molecular weight excluding hydrogens is 226 g/mol. The van der Waals surface area contributed by atoms with E-state index in [-0.39, 0.29) is 0 Å². The molecule has 1 aliphatic heterocycles. The molecule has 8 heteroatoms. The van der Waals surface area contributed by atoms with E-state index >= 15 is 0 Å². The lowest BCUT2D eigenvalue weighted by atomic mass is 10.2. The SMILES string of the molecule is FC(F)(F)CC1[C]N(CC(F)(F)F)[C]=N1. The maximum atomic E-state index is 11.8. The Bertz CT molecular complexity index is 219. The first kappa shape index (κ1) is 12.1. The van der Waals surface area contributed by atoms with E-state index in [0.717, 1.165) is 0 Å². The van der Waals surface area contributed by atoms with Gasteiger partial charge in [0.05, 0.1) is 12.5 Å². The molecule has 1 rings (SSSR count). The van der Waals surface area contributed by atoms with Gasteiger partial charge in [-0.1, -0.05) is 0 Å². The summed E-state index contributed by atoms with van der Waals surface area (Å²) < 4.78 is 70.8. The minimum atomic E-state index is -4.51. The monoisotopic (exact) mass is 231 g/mol. The topological polar surface area (TPSA) is 15.6 Å². The molecule has 2 nitrogen and oxygen atoms in total. The molecule has 85 valence electrons. The van der Waals surface area contributed by atoms with Crippen LogP contribution >= 0.6 is 0 Å². The third kappa shape index (κ3) is 4.89. The number of nitrogens with zero attached hydrogens (tertiary/aromatic N) is 2. The largest absolute Gasteiger partial charge is 0.406 e. The molecule has 0 fully saturated rings. The molecule has 1 unspecified atom stereocenters. The van der Waals surface area contributed by atoms with Crippen molar-refractivity contribution in [2.45, 2.75) is 24.8 Å². The van der Waals surface area contributed by atoms with Crippen LogP contribution in [-0.4, -0.2) is 36.2 Å². The molecule has 15 heavy (non-hydrogen) atoms. The summed E-state index contributed by atoms with van der Waals surface area (Å²) in [7, 11) is 0. The average molecular weight is 231 g/mol. The molecule has 0 amide bonds. The number of rotatable bonds is 2. The molecule has 1 atom stereocenters.